The van der Waals surface area contributed by atoms with Gasteiger partial charge in [0, 0.05) is 12.3 Å². The van der Waals surface area contributed by atoms with Crippen LogP contribution in [-0.2, 0) is 6.61 Å². The van der Waals surface area contributed by atoms with Crippen molar-refractivity contribution < 1.29 is 13.9 Å². The Morgan fingerprint density at radius 1 is 1.10 bits per heavy atom. The summed E-state index contributed by atoms with van der Waals surface area (Å²) in [5.41, 5.74) is 1.81. The molecule has 0 fully saturated rings. The highest BCUT2D eigenvalue weighted by Gasteiger charge is 2.08. The topological polar surface area (TPSA) is 39.4 Å². The first-order valence-electron chi connectivity index (χ1n) is 6.43. The number of Topliss-reactive ketones (excluding diaryl/α,β-unsaturated/α-hetero) is 1. The van der Waals surface area contributed by atoms with Crippen molar-refractivity contribution in [2.45, 2.75) is 13.5 Å². The zero-order chi connectivity index (χ0) is 13.9. The molecular weight excluding hydrogens is 252 g/mol. The molecule has 0 radical (unpaired) electrons. The van der Waals surface area contributed by atoms with Gasteiger partial charge in [-0.25, -0.2) is 0 Å². The lowest BCUT2D eigenvalue weighted by Gasteiger charge is -2.05. The molecule has 0 unspecified atom stereocenters. The zero-order valence-corrected chi connectivity index (χ0v) is 11.1. The molecule has 3 aromatic rings. The molecular formula is C17H14O3. The molecule has 0 saturated carbocycles. The first-order chi connectivity index (χ1) is 9.72. The van der Waals surface area contributed by atoms with Gasteiger partial charge in [-0.15, -0.1) is 0 Å². The molecule has 3 rings (SSSR count). The van der Waals surface area contributed by atoms with Crippen molar-refractivity contribution in [1.82, 2.24) is 0 Å². The third-order valence-electron chi connectivity index (χ3n) is 3.08. The molecule has 1 heterocycles. The molecule has 0 bridgehead atoms. The van der Waals surface area contributed by atoms with Crippen LogP contribution in [-0.4, -0.2) is 5.78 Å². The van der Waals surface area contributed by atoms with E-state index < -0.39 is 0 Å². The molecule has 1 aromatic heterocycles. The number of ether oxygens (including phenoxy) is 1. The summed E-state index contributed by atoms with van der Waals surface area (Å²) in [5, 5.41) is 0.876. The molecule has 0 aliphatic rings. The predicted octanol–water partition coefficient (Wildman–Crippen LogP) is 4.21. The normalized spacial score (nSPS) is 10.7. The van der Waals surface area contributed by atoms with Crippen LogP contribution in [0.3, 0.4) is 0 Å². The van der Waals surface area contributed by atoms with Gasteiger partial charge < -0.3 is 9.15 Å². The van der Waals surface area contributed by atoms with E-state index in [4.69, 9.17) is 9.15 Å². The Balaban J connectivity index is 1.80. The Kier molecular flexibility index (Phi) is 3.25. The van der Waals surface area contributed by atoms with Crippen LogP contribution in [0.4, 0.5) is 0 Å². The summed E-state index contributed by atoms with van der Waals surface area (Å²) < 4.78 is 11.2. The molecule has 20 heavy (non-hydrogen) atoms. The van der Waals surface area contributed by atoms with Gasteiger partial charge in [0.2, 0.25) is 0 Å². The molecule has 0 aliphatic carbocycles. The molecule has 0 amide bonds. The maximum Gasteiger partial charge on any atom is 0.194 e. The van der Waals surface area contributed by atoms with Crippen LogP contribution in [0.15, 0.2) is 59.0 Å². The Morgan fingerprint density at radius 2 is 1.90 bits per heavy atom. The van der Waals surface area contributed by atoms with Crippen LogP contribution in [0.1, 0.15) is 23.0 Å². The second-order valence-corrected chi connectivity index (χ2v) is 4.64. The summed E-state index contributed by atoms with van der Waals surface area (Å²) in [5.74, 6) is 1.06. The van der Waals surface area contributed by atoms with Gasteiger partial charge in [0.05, 0.1) is 0 Å². The first-order valence-corrected chi connectivity index (χ1v) is 6.43. The predicted molar refractivity (Wildman–Crippen MR) is 77.0 cm³/mol. The SMILES string of the molecule is CC(=O)c1cc2cc(OCc3ccccc3)ccc2o1. The van der Waals surface area contributed by atoms with Crippen LogP contribution in [0.25, 0.3) is 11.0 Å². The van der Waals surface area contributed by atoms with Gasteiger partial charge in [-0.1, -0.05) is 30.3 Å². The third kappa shape index (κ3) is 2.57. The average Bonchev–Trinajstić information content (AvgIpc) is 2.89. The lowest BCUT2D eigenvalue weighted by molar-refractivity contribution is 0.0989. The van der Waals surface area contributed by atoms with Gasteiger partial charge in [0.1, 0.15) is 17.9 Å². The Labute approximate surface area is 116 Å². The molecule has 3 heteroatoms. The highest BCUT2D eigenvalue weighted by molar-refractivity contribution is 5.96. The van der Waals surface area contributed by atoms with Crippen molar-refractivity contribution in [2.24, 2.45) is 0 Å². The summed E-state index contributed by atoms with van der Waals surface area (Å²) in [6.45, 7) is 2.01. The van der Waals surface area contributed by atoms with E-state index in [1.54, 1.807) is 6.07 Å². The number of fused-ring (bicyclic) bond motifs is 1. The van der Waals surface area contributed by atoms with E-state index in [-0.39, 0.29) is 5.78 Å². The standard InChI is InChI=1S/C17H14O3/c1-12(18)17-10-14-9-15(7-8-16(14)20-17)19-11-13-5-3-2-4-6-13/h2-10H,11H2,1H3. The molecule has 0 atom stereocenters. The summed E-state index contributed by atoms with van der Waals surface area (Å²) in [6, 6.07) is 17.3. The van der Waals surface area contributed by atoms with E-state index in [9.17, 15) is 4.79 Å². The number of furan rings is 1. The summed E-state index contributed by atoms with van der Waals surface area (Å²) >= 11 is 0. The average molecular weight is 266 g/mol. The second kappa shape index (κ2) is 5.21. The number of carbonyl (C=O) groups excluding carboxylic acids is 1. The summed E-state index contributed by atoms with van der Waals surface area (Å²) in [6.07, 6.45) is 0. The number of hydrogen-bond donors (Lipinski definition) is 0. The minimum atomic E-state index is -0.0760. The van der Waals surface area contributed by atoms with E-state index in [1.165, 1.54) is 6.92 Å². The fourth-order valence-electron chi connectivity index (χ4n) is 2.03. The van der Waals surface area contributed by atoms with Gasteiger partial charge in [-0.3, -0.25) is 4.79 Å². The van der Waals surface area contributed by atoms with Crippen LogP contribution >= 0.6 is 0 Å². The fourth-order valence-corrected chi connectivity index (χ4v) is 2.03. The summed E-state index contributed by atoms with van der Waals surface area (Å²) in [7, 11) is 0. The number of benzene rings is 2. The maximum atomic E-state index is 11.3. The van der Waals surface area contributed by atoms with Crippen molar-refractivity contribution in [2.75, 3.05) is 0 Å². The van der Waals surface area contributed by atoms with Crippen LogP contribution in [0, 0.1) is 0 Å². The minimum absolute atomic E-state index is 0.0760. The number of carbonyl (C=O) groups is 1. The van der Waals surface area contributed by atoms with E-state index >= 15 is 0 Å². The molecule has 100 valence electrons. The monoisotopic (exact) mass is 266 g/mol. The molecule has 0 spiro atoms. The highest BCUT2D eigenvalue weighted by Crippen LogP contribution is 2.25. The quantitative estimate of drug-likeness (QED) is 0.664. The van der Waals surface area contributed by atoms with Gasteiger partial charge in [0.25, 0.3) is 0 Å². The van der Waals surface area contributed by atoms with Crippen molar-refractivity contribution >= 4 is 16.8 Å². The minimum Gasteiger partial charge on any atom is -0.489 e. The van der Waals surface area contributed by atoms with Crippen molar-refractivity contribution in [3.05, 3.63) is 65.9 Å². The third-order valence-corrected chi connectivity index (χ3v) is 3.08. The molecule has 0 aliphatic heterocycles. The molecule has 0 saturated heterocycles. The highest BCUT2D eigenvalue weighted by atomic mass is 16.5. The largest absolute Gasteiger partial charge is 0.489 e. The van der Waals surface area contributed by atoms with Gasteiger partial charge in [-0.2, -0.15) is 0 Å². The van der Waals surface area contributed by atoms with Crippen molar-refractivity contribution in [3.63, 3.8) is 0 Å². The van der Waals surface area contributed by atoms with Crippen LogP contribution < -0.4 is 4.74 Å². The summed E-state index contributed by atoms with van der Waals surface area (Å²) in [4.78, 5) is 11.3. The van der Waals surface area contributed by atoms with E-state index in [0.717, 1.165) is 16.7 Å². The number of ketones is 1. The van der Waals surface area contributed by atoms with Crippen molar-refractivity contribution in [3.8, 4) is 5.75 Å². The van der Waals surface area contributed by atoms with Gasteiger partial charge in [-0.05, 0) is 29.8 Å². The second-order valence-electron chi connectivity index (χ2n) is 4.64. The van der Waals surface area contributed by atoms with Crippen LogP contribution in [0.2, 0.25) is 0 Å². The molecule has 2 aromatic carbocycles. The Bertz CT molecular complexity index is 741. The van der Waals surface area contributed by atoms with E-state index in [1.807, 2.05) is 48.5 Å². The lowest BCUT2D eigenvalue weighted by atomic mass is 10.2. The number of rotatable bonds is 4. The fraction of sp³-hybridized carbons (Fsp3) is 0.118. The van der Waals surface area contributed by atoms with Gasteiger partial charge >= 0.3 is 0 Å². The lowest BCUT2D eigenvalue weighted by Crippen LogP contribution is -1.94. The maximum absolute atomic E-state index is 11.3. The molecule has 0 N–H and O–H groups in total. The Morgan fingerprint density at radius 3 is 2.65 bits per heavy atom. The van der Waals surface area contributed by atoms with E-state index in [0.29, 0.717) is 18.0 Å². The Hall–Kier alpha value is -2.55. The molecule has 3 nitrogen and oxygen atoms in total. The van der Waals surface area contributed by atoms with Crippen molar-refractivity contribution in [1.29, 1.82) is 0 Å². The zero-order valence-electron chi connectivity index (χ0n) is 11.1. The van der Waals surface area contributed by atoms with Crippen LogP contribution in [0.5, 0.6) is 5.75 Å². The first kappa shape index (κ1) is 12.5. The van der Waals surface area contributed by atoms with Gasteiger partial charge in [0.15, 0.2) is 11.5 Å². The number of hydrogen-bond acceptors (Lipinski definition) is 3. The van der Waals surface area contributed by atoms with E-state index in [2.05, 4.69) is 0 Å². The smallest absolute Gasteiger partial charge is 0.194 e.